The number of nitrogens with two attached hydrogens (primary N) is 1. The highest BCUT2D eigenvalue weighted by molar-refractivity contribution is 5.91. The van der Waals surface area contributed by atoms with Gasteiger partial charge in [-0.2, -0.15) is 0 Å². The molecule has 0 aliphatic heterocycles. The summed E-state index contributed by atoms with van der Waals surface area (Å²) in [7, 11) is 1.60. The van der Waals surface area contributed by atoms with Gasteiger partial charge in [0.25, 0.3) is 0 Å². The van der Waals surface area contributed by atoms with E-state index in [0.717, 1.165) is 47.9 Å². The van der Waals surface area contributed by atoms with Gasteiger partial charge in [0.2, 0.25) is 5.91 Å². The number of nitrogens with zero attached hydrogens (tertiary/aromatic N) is 3. The van der Waals surface area contributed by atoms with Crippen LogP contribution in [0.5, 0.6) is 0 Å². The molecule has 0 unspecified atom stereocenters. The molecule has 39 heavy (non-hydrogen) atoms. The third kappa shape index (κ3) is 5.93. The van der Waals surface area contributed by atoms with Crippen LogP contribution in [0.4, 0.5) is 15.0 Å². The second-order valence-electron chi connectivity index (χ2n) is 10.9. The lowest BCUT2D eigenvalue weighted by atomic mass is 9.71. The molecule has 0 spiro atoms. The van der Waals surface area contributed by atoms with Crippen molar-refractivity contribution >= 4 is 17.8 Å². The van der Waals surface area contributed by atoms with Crippen molar-refractivity contribution in [3.8, 4) is 22.4 Å². The number of carboxylic acid groups (broad SMARTS) is 1. The zero-order valence-corrected chi connectivity index (χ0v) is 22.0. The van der Waals surface area contributed by atoms with E-state index in [1.807, 2.05) is 60.7 Å². The number of anilines is 1. The van der Waals surface area contributed by atoms with E-state index in [-0.39, 0.29) is 17.9 Å². The van der Waals surface area contributed by atoms with Gasteiger partial charge in [0.05, 0.1) is 0 Å². The minimum absolute atomic E-state index is 0.00688. The second-order valence-corrected chi connectivity index (χ2v) is 10.9. The molecule has 5 rings (SSSR count). The lowest BCUT2D eigenvalue weighted by molar-refractivity contribution is -0.117. The van der Waals surface area contributed by atoms with Crippen molar-refractivity contribution in [2.24, 2.45) is 11.7 Å². The third-order valence-corrected chi connectivity index (χ3v) is 8.19. The Kier molecular flexibility index (Phi) is 7.61. The zero-order chi connectivity index (χ0) is 27.6. The smallest absolute Gasteiger partial charge is 0.407 e. The molecule has 8 nitrogen and oxygen atoms in total. The van der Waals surface area contributed by atoms with Gasteiger partial charge < -0.3 is 21.1 Å². The number of hydrogen-bond acceptors (Lipinski definition) is 5. The molecule has 204 valence electrons. The van der Waals surface area contributed by atoms with Crippen LogP contribution in [-0.4, -0.2) is 51.5 Å². The van der Waals surface area contributed by atoms with Crippen molar-refractivity contribution in [3.05, 3.63) is 66.2 Å². The Morgan fingerprint density at radius 2 is 1.69 bits per heavy atom. The monoisotopic (exact) mass is 531 g/mol. The average molecular weight is 532 g/mol. The Balaban J connectivity index is 1.30. The fraction of sp³-hybridized carbons (Fsp3) is 0.400. The summed E-state index contributed by atoms with van der Waals surface area (Å²) in [4.78, 5) is 25.5. The predicted molar refractivity (Wildman–Crippen MR) is 148 cm³/mol. The van der Waals surface area contributed by atoms with E-state index >= 15 is 0 Å². The van der Waals surface area contributed by atoms with Gasteiger partial charge in [-0.1, -0.05) is 54.6 Å². The maximum Gasteiger partial charge on any atom is 0.407 e. The first kappa shape index (κ1) is 26.7. The number of amides is 2. The molecule has 1 heterocycles. The maximum absolute atomic E-state index is 13.5. The van der Waals surface area contributed by atoms with Crippen molar-refractivity contribution in [3.63, 3.8) is 0 Å². The lowest BCUT2D eigenvalue weighted by Gasteiger charge is -2.41. The molecular weight excluding hydrogens is 497 g/mol. The summed E-state index contributed by atoms with van der Waals surface area (Å²) in [5.74, 6) is 0.454. The second kappa shape index (κ2) is 11.1. The molecular formula is C30H34FN5O3. The first-order valence-corrected chi connectivity index (χ1v) is 13.4. The maximum atomic E-state index is 13.5. The average Bonchev–Trinajstić information content (AvgIpc) is 2.93. The number of halogens is 1. The summed E-state index contributed by atoms with van der Waals surface area (Å²) in [6, 6.07) is 19.4. The fourth-order valence-corrected chi connectivity index (χ4v) is 5.78. The molecule has 0 saturated heterocycles. The largest absolute Gasteiger partial charge is 0.465 e. The molecule has 2 aromatic carbocycles. The van der Waals surface area contributed by atoms with Gasteiger partial charge in [-0.3, -0.25) is 4.79 Å². The minimum Gasteiger partial charge on any atom is -0.465 e. The summed E-state index contributed by atoms with van der Waals surface area (Å²) in [6.45, 7) is 0. The van der Waals surface area contributed by atoms with Crippen molar-refractivity contribution in [1.29, 1.82) is 0 Å². The molecule has 2 saturated carbocycles. The Bertz CT molecular complexity index is 1320. The van der Waals surface area contributed by atoms with E-state index in [2.05, 4.69) is 15.5 Å². The van der Waals surface area contributed by atoms with Crippen molar-refractivity contribution in [1.82, 2.24) is 15.1 Å². The van der Waals surface area contributed by atoms with E-state index in [9.17, 15) is 19.1 Å². The van der Waals surface area contributed by atoms with Gasteiger partial charge in [-0.25, -0.2) is 9.18 Å². The number of carbonyl (C=O) groups is 2. The predicted octanol–water partition coefficient (Wildman–Crippen LogP) is 5.59. The highest BCUT2D eigenvalue weighted by atomic mass is 19.1. The van der Waals surface area contributed by atoms with E-state index in [4.69, 9.17) is 5.73 Å². The van der Waals surface area contributed by atoms with Crippen LogP contribution in [-0.2, 0) is 10.3 Å². The van der Waals surface area contributed by atoms with E-state index in [1.165, 1.54) is 4.90 Å². The molecule has 9 heteroatoms. The molecule has 0 atom stereocenters. The van der Waals surface area contributed by atoms with Gasteiger partial charge in [-0.05, 0) is 48.8 Å². The van der Waals surface area contributed by atoms with E-state index < -0.39 is 17.8 Å². The first-order valence-electron chi connectivity index (χ1n) is 13.4. The highest BCUT2D eigenvalue weighted by Crippen LogP contribution is 2.41. The van der Waals surface area contributed by atoms with Crippen molar-refractivity contribution in [2.45, 2.75) is 62.7 Å². The number of hydrogen-bond donors (Lipinski definition) is 3. The Hall–Kier alpha value is -3.85. The molecule has 2 amide bonds. The molecule has 2 aliphatic carbocycles. The van der Waals surface area contributed by atoms with Crippen LogP contribution < -0.4 is 11.1 Å². The Morgan fingerprint density at radius 3 is 2.31 bits per heavy atom. The highest BCUT2D eigenvalue weighted by Gasteiger charge is 2.42. The Labute approximate surface area is 227 Å². The van der Waals surface area contributed by atoms with Crippen LogP contribution in [0.25, 0.3) is 22.4 Å². The number of aromatic nitrogens is 2. The van der Waals surface area contributed by atoms with Crippen LogP contribution in [0.3, 0.4) is 0 Å². The van der Waals surface area contributed by atoms with Crippen molar-refractivity contribution < 1.29 is 19.1 Å². The number of nitrogens with one attached hydrogen (secondary N) is 1. The normalized spacial score (nSPS) is 24.4. The molecule has 0 bridgehead atoms. The molecule has 4 N–H and O–H groups in total. The molecule has 3 aromatic rings. The summed E-state index contributed by atoms with van der Waals surface area (Å²) < 4.78 is 13.5. The minimum atomic E-state index is -0.917. The van der Waals surface area contributed by atoms with E-state index in [1.54, 1.807) is 7.05 Å². The van der Waals surface area contributed by atoms with Crippen LogP contribution in [0.2, 0.25) is 0 Å². The van der Waals surface area contributed by atoms with Crippen LogP contribution in [0, 0.1) is 5.92 Å². The van der Waals surface area contributed by atoms with Crippen LogP contribution in [0.15, 0.2) is 60.7 Å². The fourth-order valence-electron chi connectivity index (χ4n) is 5.78. The quantitative estimate of drug-likeness (QED) is 0.365. The Morgan fingerprint density at radius 1 is 1.03 bits per heavy atom. The standard InChI is InChI=1S/C30H34FN5O3/c1-36(29(38)39)24-13-7-19(8-14-24)15-27(37)33-26-16-25(20-5-3-2-4-6-20)28(35-34-26)21-9-11-22(12-10-21)30(32)17-23(31)18-30/h2-6,9-12,16,19,23-24H,7-8,13-15,17-18,32H2,1H3,(H,38,39)(H,33,34,37). The zero-order valence-electron chi connectivity index (χ0n) is 22.0. The number of carbonyl (C=O) groups excluding carboxylic acids is 1. The third-order valence-electron chi connectivity index (χ3n) is 8.19. The SMILES string of the molecule is CN(C(=O)O)C1CCC(CC(=O)Nc2cc(-c3ccccc3)c(-c3ccc(C4(N)CC(F)C4)cc3)nn2)CC1. The van der Waals surface area contributed by atoms with Gasteiger partial charge in [0.15, 0.2) is 5.82 Å². The summed E-state index contributed by atoms with van der Waals surface area (Å²) in [5, 5.41) is 20.9. The van der Waals surface area contributed by atoms with E-state index in [0.29, 0.717) is 30.8 Å². The molecule has 0 radical (unpaired) electrons. The van der Waals surface area contributed by atoms with Gasteiger partial charge >= 0.3 is 6.09 Å². The van der Waals surface area contributed by atoms with Crippen LogP contribution in [0.1, 0.15) is 50.5 Å². The molecule has 1 aromatic heterocycles. The summed E-state index contributed by atoms with van der Waals surface area (Å²) in [6.07, 6.45) is 2.38. The molecule has 2 aliphatic rings. The van der Waals surface area contributed by atoms with Gasteiger partial charge in [0, 0.05) is 49.0 Å². The lowest BCUT2D eigenvalue weighted by Crippen LogP contribution is -2.50. The molecule has 2 fully saturated rings. The first-order chi connectivity index (χ1) is 18.7. The van der Waals surface area contributed by atoms with Crippen molar-refractivity contribution in [2.75, 3.05) is 12.4 Å². The summed E-state index contributed by atoms with van der Waals surface area (Å²) >= 11 is 0. The van der Waals surface area contributed by atoms with Crippen LogP contribution >= 0.6 is 0 Å². The topological polar surface area (TPSA) is 121 Å². The number of benzene rings is 2. The van der Waals surface area contributed by atoms with Gasteiger partial charge in [-0.15, -0.1) is 10.2 Å². The number of alkyl halides is 1. The summed E-state index contributed by atoms with van der Waals surface area (Å²) in [5.41, 5.74) is 9.94. The van der Waals surface area contributed by atoms with Gasteiger partial charge in [0.1, 0.15) is 11.9 Å². The number of rotatable bonds is 7.